The largest absolute Gasteiger partial charge is 0.310 e. The third-order valence-corrected chi connectivity index (χ3v) is 3.86. The van der Waals surface area contributed by atoms with Crippen LogP contribution in [0, 0.1) is 5.82 Å². The number of nitrogens with one attached hydrogen (secondary N) is 1. The lowest BCUT2D eigenvalue weighted by molar-refractivity contribution is 0.300. The minimum atomic E-state index is -0.162. The van der Waals surface area contributed by atoms with Gasteiger partial charge in [-0.05, 0) is 63.6 Å². The number of unbranched alkanes of at least 4 members (excludes halogenated alkanes) is 2. The summed E-state index contributed by atoms with van der Waals surface area (Å²) in [5.41, 5.74) is 1.19. The van der Waals surface area contributed by atoms with Crippen LogP contribution in [0.25, 0.3) is 0 Å². The second-order valence-electron chi connectivity index (χ2n) is 5.86. The predicted molar refractivity (Wildman–Crippen MR) is 89.1 cm³/mol. The fraction of sp³-hybridized carbons (Fsp3) is 0.667. The lowest BCUT2D eigenvalue weighted by Gasteiger charge is -2.23. The van der Waals surface area contributed by atoms with Gasteiger partial charge in [-0.25, -0.2) is 4.39 Å². The molecule has 1 N–H and O–H groups in total. The van der Waals surface area contributed by atoms with Crippen LogP contribution < -0.4 is 5.32 Å². The summed E-state index contributed by atoms with van der Waals surface area (Å²) in [4.78, 5) is 2.40. The van der Waals surface area contributed by atoms with Crippen molar-refractivity contribution in [1.82, 2.24) is 10.2 Å². The van der Waals surface area contributed by atoms with Gasteiger partial charge in [-0.3, -0.25) is 0 Å². The summed E-state index contributed by atoms with van der Waals surface area (Å²) in [5.74, 6) is -0.162. The maximum atomic E-state index is 13.1. The van der Waals surface area contributed by atoms with E-state index in [4.69, 9.17) is 0 Å². The van der Waals surface area contributed by atoms with Crippen LogP contribution in [0.5, 0.6) is 0 Å². The van der Waals surface area contributed by atoms with Gasteiger partial charge in [0.25, 0.3) is 0 Å². The molecule has 0 aliphatic heterocycles. The average molecular weight is 294 g/mol. The molecule has 3 heteroatoms. The van der Waals surface area contributed by atoms with E-state index in [1.807, 2.05) is 12.1 Å². The molecule has 0 saturated heterocycles. The van der Waals surface area contributed by atoms with Crippen molar-refractivity contribution in [3.05, 3.63) is 35.6 Å². The highest BCUT2D eigenvalue weighted by molar-refractivity contribution is 5.19. The smallest absolute Gasteiger partial charge is 0.123 e. The highest BCUT2D eigenvalue weighted by Gasteiger charge is 2.11. The number of hydrogen-bond donors (Lipinski definition) is 1. The lowest BCUT2D eigenvalue weighted by Crippen LogP contribution is -2.28. The van der Waals surface area contributed by atoms with Gasteiger partial charge < -0.3 is 10.2 Å². The molecule has 0 aliphatic carbocycles. The van der Waals surface area contributed by atoms with Crippen molar-refractivity contribution in [2.24, 2.45) is 0 Å². The van der Waals surface area contributed by atoms with Crippen molar-refractivity contribution in [2.45, 2.75) is 52.0 Å². The predicted octanol–water partition coefficient (Wildman–Crippen LogP) is 4.38. The minimum absolute atomic E-state index is 0.162. The molecule has 1 aromatic carbocycles. The molecule has 1 rings (SSSR count). The van der Waals surface area contributed by atoms with Gasteiger partial charge in [0.15, 0.2) is 0 Å². The molecule has 0 fully saturated rings. The van der Waals surface area contributed by atoms with E-state index in [9.17, 15) is 4.39 Å². The molecule has 1 atom stereocenters. The van der Waals surface area contributed by atoms with Crippen molar-refractivity contribution in [3.8, 4) is 0 Å². The van der Waals surface area contributed by atoms with E-state index in [0.29, 0.717) is 6.04 Å². The molecule has 1 unspecified atom stereocenters. The number of rotatable bonds is 11. The van der Waals surface area contributed by atoms with Gasteiger partial charge in [-0.15, -0.1) is 0 Å². The summed E-state index contributed by atoms with van der Waals surface area (Å²) in [6.07, 6.45) is 6.03. The van der Waals surface area contributed by atoms with Crippen LogP contribution in [0.1, 0.15) is 57.6 Å². The Labute approximate surface area is 129 Å². The zero-order chi connectivity index (χ0) is 15.5. The van der Waals surface area contributed by atoms with Gasteiger partial charge in [0, 0.05) is 6.04 Å². The molecule has 0 saturated carbocycles. The topological polar surface area (TPSA) is 15.3 Å². The second kappa shape index (κ2) is 10.7. The molecule has 0 heterocycles. The summed E-state index contributed by atoms with van der Waals surface area (Å²) in [7, 11) is 2.19. The van der Waals surface area contributed by atoms with Crippen LogP contribution >= 0.6 is 0 Å². The monoisotopic (exact) mass is 294 g/mol. The average Bonchev–Trinajstić information content (AvgIpc) is 2.49. The Morgan fingerprint density at radius 3 is 2.38 bits per heavy atom. The van der Waals surface area contributed by atoms with E-state index in [-0.39, 0.29) is 5.82 Å². The normalized spacial score (nSPS) is 12.8. The molecule has 120 valence electrons. The fourth-order valence-electron chi connectivity index (χ4n) is 2.49. The van der Waals surface area contributed by atoms with Crippen molar-refractivity contribution >= 4 is 0 Å². The molecule has 0 bridgehead atoms. The number of halogens is 1. The van der Waals surface area contributed by atoms with E-state index >= 15 is 0 Å². The van der Waals surface area contributed by atoms with E-state index in [1.54, 1.807) is 12.1 Å². The van der Waals surface area contributed by atoms with Gasteiger partial charge in [-0.1, -0.05) is 38.8 Å². The maximum Gasteiger partial charge on any atom is 0.123 e. The first kappa shape index (κ1) is 18.1. The Hall–Kier alpha value is -0.930. The maximum absolute atomic E-state index is 13.1. The molecule has 2 nitrogen and oxygen atoms in total. The highest BCUT2D eigenvalue weighted by Crippen LogP contribution is 2.18. The third kappa shape index (κ3) is 7.58. The second-order valence-corrected chi connectivity index (χ2v) is 5.86. The van der Waals surface area contributed by atoms with Crippen molar-refractivity contribution in [1.29, 1.82) is 0 Å². The number of benzene rings is 1. The van der Waals surface area contributed by atoms with Crippen molar-refractivity contribution in [2.75, 3.05) is 26.7 Å². The molecule has 0 aliphatic rings. The summed E-state index contributed by atoms with van der Waals surface area (Å²) < 4.78 is 13.1. The zero-order valence-corrected chi connectivity index (χ0v) is 13.9. The van der Waals surface area contributed by atoms with Gasteiger partial charge in [0.2, 0.25) is 0 Å². The Morgan fingerprint density at radius 1 is 1.05 bits per heavy atom. The Bertz CT molecular complexity index is 364. The fourth-order valence-corrected chi connectivity index (χ4v) is 2.49. The van der Waals surface area contributed by atoms with Crippen LogP contribution in [0.2, 0.25) is 0 Å². The molecule has 0 aromatic heterocycles. The van der Waals surface area contributed by atoms with Crippen molar-refractivity contribution in [3.63, 3.8) is 0 Å². The van der Waals surface area contributed by atoms with Crippen molar-refractivity contribution < 1.29 is 4.39 Å². The van der Waals surface area contributed by atoms with Crippen LogP contribution in [0.3, 0.4) is 0 Å². The van der Waals surface area contributed by atoms with Crippen LogP contribution in [-0.4, -0.2) is 31.6 Å². The van der Waals surface area contributed by atoms with Gasteiger partial charge >= 0.3 is 0 Å². The van der Waals surface area contributed by atoms with Crippen LogP contribution in [0.15, 0.2) is 24.3 Å². The lowest BCUT2D eigenvalue weighted by atomic mass is 10.0. The first-order valence-corrected chi connectivity index (χ1v) is 8.34. The third-order valence-electron chi connectivity index (χ3n) is 3.86. The standard InChI is InChI=1S/C18H31FN2/c1-4-6-7-14-21(3)15-12-18(20-13-5-2)16-8-10-17(19)11-9-16/h8-11,18,20H,4-7,12-15H2,1-3H3. The minimum Gasteiger partial charge on any atom is -0.310 e. The van der Waals surface area contributed by atoms with Crippen LogP contribution in [0.4, 0.5) is 4.39 Å². The summed E-state index contributed by atoms with van der Waals surface area (Å²) >= 11 is 0. The summed E-state index contributed by atoms with van der Waals surface area (Å²) in [6, 6.07) is 7.24. The zero-order valence-electron chi connectivity index (χ0n) is 13.9. The Morgan fingerprint density at radius 2 is 1.76 bits per heavy atom. The highest BCUT2D eigenvalue weighted by atomic mass is 19.1. The first-order chi connectivity index (χ1) is 10.2. The van der Waals surface area contributed by atoms with E-state index in [2.05, 4.69) is 31.1 Å². The summed E-state index contributed by atoms with van der Waals surface area (Å²) in [5, 5.41) is 3.58. The molecule has 0 spiro atoms. The number of nitrogens with zero attached hydrogens (tertiary/aromatic N) is 1. The molecule has 21 heavy (non-hydrogen) atoms. The van der Waals surface area contributed by atoms with Gasteiger partial charge in [-0.2, -0.15) is 0 Å². The summed E-state index contributed by atoms with van der Waals surface area (Å²) in [6.45, 7) is 7.65. The van der Waals surface area contributed by atoms with Gasteiger partial charge in [0.1, 0.15) is 5.82 Å². The van der Waals surface area contributed by atoms with E-state index in [0.717, 1.165) is 32.5 Å². The first-order valence-electron chi connectivity index (χ1n) is 8.34. The Balaban J connectivity index is 2.47. The molecular formula is C18H31FN2. The molecule has 1 aromatic rings. The molecule has 0 radical (unpaired) electrons. The van der Waals surface area contributed by atoms with E-state index < -0.39 is 0 Å². The van der Waals surface area contributed by atoms with E-state index in [1.165, 1.54) is 24.8 Å². The van der Waals surface area contributed by atoms with Gasteiger partial charge in [0.05, 0.1) is 0 Å². The molecule has 0 amide bonds. The quantitative estimate of drug-likeness (QED) is 0.609. The molecular weight excluding hydrogens is 263 g/mol. The van der Waals surface area contributed by atoms with Crippen LogP contribution in [-0.2, 0) is 0 Å². The Kier molecular flexibility index (Phi) is 9.27. The SMILES string of the molecule is CCCCCN(C)CCC(NCCC)c1ccc(F)cc1. The number of hydrogen-bond acceptors (Lipinski definition) is 2.